The molecule has 8 nitrogen and oxygen atoms in total. The summed E-state index contributed by atoms with van der Waals surface area (Å²) in [7, 11) is 0. The van der Waals surface area contributed by atoms with Crippen molar-refractivity contribution in [2.75, 3.05) is 36.0 Å². The number of rotatable bonds is 5. The lowest BCUT2D eigenvalue weighted by Gasteiger charge is -2.36. The zero-order chi connectivity index (χ0) is 19.4. The number of hydrogen-bond donors (Lipinski definition) is 1. The first-order valence-corrected chi connectivity index (χ1v) is 8.96. The van der Waals surface area contributed by atoms with Crippen LogP contribution in [0.5, 0.6) is 0 Å². The van der Waals surface area contributed by atoms with Gasteiger partial charge < -0.3 is 15.1 Å². The molecule has 1 saturated heterocycles. The highest BCUT2D eigenvalue weighted by Gasteiger charge is 2.25. The first-order valence-electron chi connectivity index (χ1n) is 8.96. The summed E-state index contributed by atoms with van der Waals surface area (Å²) in [5.74, 6) is 0.604. The molecule has 27 heavy (non-hydrogen) atoms. The SMILES string of the molecule is CC(C)NC(=O)c1ccc(N2CCN(c3ccccn3)CC2)c([N+](=O)[O-])c1. The number of nitro groups is 1. The van der Waals surface area contributed by atoms with E-state index in [-0.39, 0.29) is 17.6 Å². The highest BCUT2D eigenvalue weighted by atomic mass is 16.6. The van der Waals surface area contributed by atoms with Gasteiger partial charge in [-0.2, -0.15) is 0 Å². The Balaban J connectivity index is 1.77. The lowest BCUT2D eigenvalue weighted by Crippen LogP contribution is -2.47. The summed E-state index contributed by atoms with van der Waals surface area (Å²) in [4.78, 5) is 31.8. The number of piperazine rings is 1. The van der Waals surface area contributed by atoms with Crippen molar-refractivity contribution in [3.05, 3.63) is 58.3 Å². The van der Waals surface area contributed by atoms with E-state index in [1.54, 1.807) is 18.3 Å². The topological polar surface area (TPSA) is 91.6 Å². The minimum absolute atomic E-state index is 0.0316. The van der Waals surface area contributed by atoms with Gasteiger partial charge in [0.25, 0.3) is 11.6 Å². The van der Waals surface area contributed by atoms with E-state index in [0.29, 0.717) is 24.3 Å². The molecule has 1 aliphatic rings. The number of nitrogens with zero attached hydrogens (tertiary/aromatic N) is 4. The van der Waals surface area contributed by atoms with E-state index in [9.17, 15) is 14.9 Å². The van der Waals surface area contributed by atoms with E-state index in [0.717, 1.165) is 18.9 Å². The first kappa shape index (κ1) is 18.6. The lowest BCUT2D eigenvalue weighted by atomic mass is 10.1. The number of nitro benzene ring substituents is 1. The van der Waals surface area contributed by atoms with Gasteiger partial charge in [-0.1, -0.05) is 6.07 Å². The van der Waals surface area contributed by atoms with Crippen molar-refractivity contribution < 1.29 is 9.72 Å². The number of benzene rings is 1. The van der Waals surface area contributed by atoms with E-state index in [4.69, 9.17) is 0 Å². The van der Waals surface area contributed by atoms with Crippen LogP contribution in [0.15, 0.2) is 42.6 Å². The van der Waals surface area contributed by atoms with Gasteiger partial charge >= 0.3 is 0 Å². The Morgan fingerprint density at radius 1 is 1.15 bits per heavy atom. The summed E-state index contributed by atoms with van der Waals surface area (Å²) >= 11 is 0. The van der Waals surface area contributed by atoms with Gasteiger partial charge in [0.2, 0.25) is 0 Å². The number of carbonyl (C=O) groups is 1. The fourth-order valence-corrected chi connectivity index (χ4v) is 3.14. The lowest BCUT2D eigenvalue weighted by molar-refractivity contribution is -0.384. The second-order valence-corrected chi connectivity index (χ2v) is 6.75. The van der Waals surface area contributed by atoms with Crippen LogP contribution >= 0.6 is 0 Å². The number of hydrogen-bond acceptors (Lipinski definition) is 6. The Labute approximate surface area is 158 Å². The first-order chi connectivity index (χ1) is 13.0. The number of aromatic nitrogens is 1. The quantitative estimate of drug-likeness (QED) is 0.643. The van der Waals surface area contributed by atoms with Gasteiger partial charge in [-0.15, -0.1) is 0 Å². The molecular formula is C19H23N5O3. The summed E-state index contributed by atoms with van der Waals surface area (Å²) in [6, 6.07) is 10.4. The molecule has 3 rings (SSSR count). The minimum Gasteiger partial charge on any atom is -0.362 e. The van der Waals surface area contributed by atoms with Gasteiger partial charge in [0.15, 0.2) is 0 Å². The third-order valence-electron chi connectivity index (χ3n) is 4.45. The van der Waals surface area contributed by atoms with Crippen LogP contribution < -0.4 is 15.1 Å². The van der Waals surface area contributed by atoms with Crippen molar-refractivity contribution >= 4 is 23.1 Å². The second kappa shape index (κ2) is 8.03. The summed E-state index contributed by atoms with van der Waals surface area (Å²) in [6.45, 7) is 6.45. The summed E-state index contributed by atoms with van der Waals surface area (Å²) in [5, 5.41) is 14.3. The molecule has 8 heteroatoms. The molecule has 0 aliphatic carbocycles. The Morgan fingerprint density at radius 3 is 2.44 bits per heavy atom. The molecule has 0 spiro atoms. The van der Waals surface area contributed by atoms with E-state index in [1.807, 2.05) is 36.9 Å². The highest BCUT2D eigenvalue weighted by molar-refractivity contribution is 5.96. The van der Waals surface area contributed by atoms with Crippen LogP contribution in [0.3, 0.4) is 0 Å². The maximum absolute atomic E-state index is 12.2. The molecule has 1 aromatic heterocycles. The van der Waals surface area contributed by atoms with Gasteiger partial charge in [0.05, 0.1) is 4.92 Å². The Kier molecular flexibility index (Phi) is 5.54. The van der Waals surface area contributed by atoms with Gasteiger partial charge in [0.1, 0.15) is 11.5 Å². The van der Waals surface area contributed by atoms with Crippen LogP contribution in [0.1, 0.15) is 24.2 Å². The minimum atomic E-state index is -0.424. The molecule has 1 aromatic carbocycles. The van der Waals surface area contributed by atoms with Crippen LogP contribution in [-0.4, -0.2) is 48.0 Å². The zero-order valence-electron chi connectivity index (χ0n) is 15.5. The number of carbonyl (C=O) groups excluding carboxylic acids is 1. The molecule has 1 fully saturated rings. The number of amides is 1. The zero-order valence-corrected chi connectivity index (χ0v) is 15.5. The van der Waals surface area contributed by atoms with Crippen molar-refractivity contribution in [2.45, 2.75) is 19.9 Å². The maximum atomic E-state index is 12.2. The predicted octanol–water partition coefficient (Wildman–Crippen LogP) is 2.45. The molecule has 0 bridgehead atoms. The van der Waals surface area contributed by atoms with Crippen molar-refractivity contribution in [1.29, 1.82) is 0 Å². The van der Waals surface area contributed by atoms with Crippen molar-refractivity contribution in [2.24, 2.45) is 0 Å². The fraction of sp³-hybridized carbons (Fsp3) is 0.368. The maximum Gasteiger partial charge on any atom is 0.293 e. The van der Waals surface area contributed by atoms with E-state index < -0.39 is 4.92 Å². The summed E-state index contributed by atoms with van der Waals surface area (Å²) in [6.07, 6.45) is 1.76. The molecule has 1 aliphatic heterocycles. The average molecular weight is 369 g/mol. The third kappa shape index (κ3) is 4.33. The number of nitrogens with one attached hydrogen (secondary N) is 1. The molecule has 0 unspecified atom stereocenters. The average Bonchev–Trinajstić information content (AvgIpc) is 2.68. The smallest absolute Gasteiger partial charge is 0.293 e. The predicted molar refractivity (Wildman–Crippen MR) is 104 cm³/mol. The van der Waals surface area contributed by atoms with Gasteiger partial charge in [-0.05, 0) is 38.1 Å². The molecule has 2 aromatic rings. The Bertz CT molecular complexity index is 817. The largest absolute Gasteiger partial charge is 0.362 e. The third-order valence-corrected chi connectivity index (χ3v) is 4.45. The van der Waals surface area contributed by atoms with Gasteiger partial charge in [-0.3, -0.25) is 14.9 Å². The van der Waals surface area contributed by atoms with Crippen LogP contribution in [0.4, 0.5) is 17.2 Å². The van der Waals surface area contributed by atoms with E-state index in [2.05, 4.69) is 15.2 Å². The van der Waals surface area contributed by atoms with Crippen LogP contribution in [-0.2, 0) is 0 Å². The molecule has 1 amide bonds. The van der Waals surface area contributed by atoms with Crippen molar-refractivity contribution in [3.63, 3.8) is 0 Å². The highest BCUT2D eigenvalue weighted by Crippen LogP contribution is 2.30. The van der Waals surface area contributed by atoms with Gasteiger partial charge in [0, 0.05) is 50.0 Å². The molecule has 0 radical (unpaired) electrons. The second-order valence-electron chi connectivity index (χ2n) is 6.75. The fourth-order valence-electron chi connectivity index (χ4n) is 3.14. The van der Waals surface area contributed by atoms with Crippen molar-refractivity contribution in [1.82, 2.24) is 10.3 Å². The monoisotopic (exact) mass is 369 g/mol. The molecule has 2 heterocycles. The summed E-state index contributed by atoms with van der Waals surface area (Å²) in [5.41, 5.74) is 0.797. The Hall–Kier alpha value is -3.16. The number of pyridine rings is 1. The van der Waals surface area contributed by atoms with Gasteiger partial charge in [-0.25, -0.2) is 4.98 Å². The molecule has 0 saturated carbocycles. The molecular weight excluding hydrogens is 346 g/mol. The summed E-state index contributed by atoms with van der Waals surface area (Å²) < 4.78 is 0. The molecule has 142 valence electrons. The van der Waals surface area contributed by atoms with Crippen LogP contribution in [0.25, 0.3) is 0 Å². The molecule has 1 N–H and O–H groups in total. The van der Waals surface area contributed by atoms with Crippen LogP contribution in [0.2, 0.25) is 0 Å². The van der Waals surface area contributed by atoms with Crippen molar-refractivity contribution in [3.8, 4) is 0 Å². The van der Waals surface area contributed by atoms with E-state index >= 15 is 0 Å². The van der Waals surface area contributed by atoms with Crippen LogP contribution in [0, 0.1) is 10.1 Å². The van der Waals surface area contributed by atoms with E-state index in [1.165, 1.54) is 6.07 Å². The number of anilines is 2. The molecule has 0 atom stereocenters. The normalized spacial score (nSPS) is 14.3. The standard InChI is InChI=1S/C19H23N5O3/c1-14(2)21-19(25)15-6-7-16(17(13-15)24(26)27)22-9-11-23(12-10-22)18-5-3-4-8-20-18/h3-8,13-14H,9-12H2,1-2H3,(H,21,25). The Morgan fingerprint density at radius 2 is 1.85 bits per heavy atom.